The lowest BCUT2D eigenvalue weighted by atomic mass is 10.1. The first-order valence-corrected chi connectivity index (χ1v) is 6.88. The third-order valence-corrected chi connectivity index (χ3v) is 3.64. The number of benzene rings is 1. The van der Waals surface area contributed by atoms with Crippen LogP contribution in [-0.4, -0.2) is 19.9 Å². The van der Waals surface area contributed by atoms with Gasteiger partial charge in [0.25, 0.3) is 0 Å². The third kappa shape index (κ3) is 2.33. The molecule has 2 aromatic rings. The van der Waals surface area contributed by atoms with Gasteiger partial charge in [0.15, 0.2) is 5.82 Å². The maximum absolute atomic E-state index is 9.84. The highest BCUT2D eigenvalue weighted by Crippen LogP contribution is 2.21. The Hall–Kier alpha value is -1.20. The normalized spacial score (nSPS) is 18.7. The fourth-order valence-electron chi connectivity index (χ4n) is 2.28. The van der Waals surface area contributed by atoms with Gasteiger partial charge in [-0.25, -0.2) is 9.67 Å². The molecule has 1 aliphatic heterocycles. The number of hydrogen-bond acceptors (Lipinski definition) is 3. The Labute approximate surface area is 114 Å². The van der Waals surface area contributed by atoms with Gasteiger partial charge in [0, 0.05) is 17.3 Å². The van der Waals surface area contributed by atoms with E-state index in [0.717, 1.165) is 35.4 Å². The van der Waals surface area contributed by atoms with E-state index in [-0.39, 0.29) is 0 Å². The second-order valence-corrected chi connectivity index (χ2v) is 5.48. The molecule has 1 N–H and O–H groups in total. The minimum atomic E-state index is -0.502. The number of nitrogens with zero attached hydrogens (tertiary/aromatic N) is 3. The zero-order valence-corrected chi connectivity index (χ0v) is 11.5. The lowest BCUT2D eigenvalue weighted by Gasteiger charge is -2.17. The predicted molar refractivity (Wildman–Crippen MR) is 71.2 cm³/mol. The fraction of sp³-hybridized carbons (Fsp3) is 0.385. The van der Waals surface area contributed by atoms with Gasteiger partial charge in [0.05, 0.1) is 0 Å². The molecule has 2 heterocycles. The molecule has 5 heteroatoms. The van der Waals surface area contributed by atoms with E-state index in [1.807, 2.05) is 12.1 Å². The summed E-state index contributed by atoms with van der Waals surface area (Å²) in [4.78, 5) is 4.50. The van der Waals surface area contributed by atoms with Crippen molar-refractivity contribution in [2.24, 2.45) is 0 Å². The van der Waals surface area contributed by atoms with Gasteiger partial charge in [0.2, 0.25) is 0 Å². The monoisotopic (exact) mass is 307 g/mol. The molecule has 94 valence electrons. The molecule has 1 unspecified atom stereocenters. The minimum Gasteiger partial charge on any atom is -0.372 e. The van der Waals surface area contributed by atoms with Crippen molar-refractivity contribution in [3.8, 4) is 0 Å². The number of hydrogen-bond donors (Lipinski definition) is 1. The second kappa shape index (κ2) is 4.82. The Balaban J connectivity index is 1.85. The smallest absolute Gasteiger partial charge is 0.155 e. The first kappa shape index (κ1) is 11.9. The van der Waals surface area contributed by atoms with Crippen LogP contribution in [0.25, 0.3) is 0 Å². The number of aryl methyl sites for hydroxylation is 1. The fourth-order valence-corrected chi connectivity index (χ4v) is 2.73. The molecule has 1 aliphatic rings. The van der Waals surface area contributed by atoms with E-state index in [1.54, 1.807) is 4.68 Å². The average Bonchev–Trinajstić information content (AvgIpc) is 2.73. The largest absolute Gasteiger partial charge is 0.372 e. The molecule has 1 aromatic heterocycles. The van der Waals surface area contributed by atoms with Gasteiger partial charge in [0.1, 0.15) is 12.1 Å². The van der Waals surface area contributed by atoms with Crippen LogP contribution in [0.3, 0.4) is 0 Å². The van der Waals surface area contributed by atoms with Gasteiger partial charge in [-0.2, -0.15) is 5.10 Å². The number of halogens is 1. The zero-order chi connectivity index (χ0) is 12.5. The molecule has 3 rings (SSSR count). The third-order valence-electron chi connectivity index (χ3n) is 3.14. The summed E-state index contributed by atoms with van der Waals surface area (Å²) >= 11 is 3.46. The lowest BCUT2D eigenvalue weighted by molar-refractivity contribution is 0.0644. The highest BCUT2D eigenvalue weighted by Gasteiger charge is 2.20. The second-order valence-electron chi connectivity index (χ2n) is 4.57. The minimum absolute atomic E-state index is 0.502. The Morgan fingerprint density at radius 1 is 1.44 bits per heavy atom. The van der Waals surface area contributed by atoms with E-state index < -0.39 is 6.23 Å². The Kier molecular flexibility index (Phi) is 3.18. The maximum Gasteiger partial charge on any atom is 0.155 e. The Morgan fingerprint density at radius 3 is 3.11 bits per heavy atom. The van der Waals surface area contributed by atoms with Crippen molar-refractivity contribution in [2.75, 3.05) is 0 Å². The van der Waals surface area contributed by atoms with Gasteiger partial charge in [-0.3, -0.25) is 0 Å². The van der Waals surface area contributed by atoms with Gasteiger partial charge in [-0.15, -0.1) is 0 Å². The summed E-state index contributed by atoms with van der Waals surface area (Å²) in [5.41, 5.74) is 1.17. The maximum atomic E-state index is 9.84. The van der Waals surface area contributed by atoms with Crippen molar-refractivity contribution >= 4 is 15.9 Å². The first-order valence-electron chi connectivity index (χ1n) is 6.09. The number of aliphatic hydroxyl groups is 1. The number of aromatic nitrogens is 3. The highest BCUT2D eigenvalue weighted by atomic mass is 79.9. The molecular formula is C13H14BrN3O. The van der Waals surface area contributed by atoms with Crippen molar-refractivity contribution in [2.45, 2.75) is 31.9 Å². The average molecular weight is 308 g/mol. The van der Waals surface area contributed by atoms with E-state index in [9.17, 15) is 5.11 Å². The molecule has 0 saturated heterocycles. The van der Waals surface area contributed by atoms with Crippen molar-refractivity contribution in [1.29, 1.82) is 0 Å². The SMILES string of the molecule is OC1CCCc2nc(Cc3cccc(Br)c3)nn21. The Morgan fingerprint density at radius 2 is 2.33 bits per heavy atom. The molecule has 1 aromatic carbocycles. The molecular weight excluding hydrogens is 294 g/mol. The molecule has 1 atom stereocenters. The van der Waals surface area contributed by atoms with E-state index in [1.165, 1.54) is 5.56 Å². The number of fused-ring (bicyclic) bond motifs is 1. The number of rotatable bonds is 2. The van der Waals surface area contributed by atoms with Gasteiger partial charge >= 0.3 is 0 Å². The molecule has 18 heavy (non-hydrogen) atoms. The summed E-state index contributed by atoms with van der Waals surface area (Å²) in [6.45, 7) is 0. The molecule has 0 fully saturated rings. The highest BCUT2D eigenvalue weighted by molar-refractivity contribution is 9.10. The van der Waals surface area contributed by atoms with Gasteiger partial charge in [-0.1, -0.05) is 28.1 Å². The first-order chi connectivity index (χ1) is 8.72. The summed E-state index contributed by atoms with van der Waals surface area (Å²) < 4.78 is 2.72. The van der Waals surface area contributed by atoms with Crippen LogP contribution in [0.4, 0.5) is 0 Å². The van der Waals surface area contributed by atoms with Gasteiger partial charge < -0.3 is 5.11 Å². The van der Waals surface area contributed by atoms with E-state index in [0.29, 0.717) is 6.42 Å². The summed E-state index contributed by atoms with van der Waals surface area (Å²) in [6.07, 6.45) is 2.86. The van der Waals surface area contributed by atoms with Crippen LogP contribution in [0.5, 0.6) is 0 Å². The van der Waals surface area contributed by atoms with E-state index in [4.69, 9.17) is 0 Å². The summed E-state index contributed by atoms with van der Waals surface area (Å²) in [6, 6.07) is 8.13. The van der Waals surface area contributed by atoms with Crippen LogP contribution in [0.15, 0.2) is 28.7 Å². The van der Waals surface area contributed by atoms with Crippen LogP contribution in [0.2, 0.25) is 0 Å². The summed E-state index contributed by atoms with van der Waals surface area (Å²) in [5, 5.41) is 14.2. The van der Waals surface area contributed by atoms with Crippen LogP contribution in [0.1, 0.15) is 36.3 Å². The van der Waals surface area contributed by atoms with Gasteiger partial charge in [-0.05, 0) is 30.5 Å². The molecule has 0 bridgehead atoms. The van der Waals surface area contributed by atoms with Crippen LogP contribution in [0, 0.1) is 0 Å². The summed E-state index contributed by atoms with van der Waals surface area (Å²) in [5.74, 6) is 1.68. The van der Waals surface area contributed by atoms with Crippen LogP contribution < -0.4 is 0 Å². The zero-order valence-electron chi connectivity index (χ0n) is 9.88. The molecule has 0 spiro atoms. The molecule has 0 amide bonds. The van der Waals surface area contributed by atoms with Crippen molar-refractivity contribution in [3.05, 3.63) is 46.0 Å². The van der Waals surface area contributed by atoms with Crippen molar-refractivity contribution < 1.29 is 5.11 Å². The molecule has 0 aliphatic carbocycles. The van der Waals surface area contributed by atoms with Crippen molar-refractivity contribution in [1.82, 2.24) is 14.8 Å². The summed E-state index contributed by atoms with van der Waals surface area (Å²) in [7, 11) is 0. The molecule has 0 radical (unpaired) electrons. The molecule has 4 nitrogen and oxygen atoms in total. The lowest BCUT2D eigenvalue weighted by Crippen LogP contribution is -2.18. The standard InChI is InChI=1S/C13H14BrN3O/c14-10-4-1-3-9(7-10)8-11-15-12-5-2-6-13(18)17(12)16-11/h1,3-4,7,13,18H,2,5-6,8H2. The van der Waals surface area contributed by atoms with E-state index >= 15 is 0 Å². The van der Waals surface area contributed by atoms with Crippen molar-refractivity contribution in [3.63, 3.8) is 0 Å². The Bertz CT molecular complexity index is 567. The van der Waals surface area contributed by atoms with E-state index in [2.05, 4.69) is 38.1 Å². The molecule has 0 saturated carbocycles. The van der Waals surface area contributed by atoms with Crippen LogP contribution in [-0.2, 0) is 12.8 Å². The number of aliphatic hydroxyl groups excluding tert-OH is 1. The van der Waals surface area contributed by atoms with Crippen LogP contribution >= 0.6 is 15.9 Å². The quantitative estimate of drug-likeness (QED) is 0.927. The predicted octanol–water partition coefficient (Wildman–Crippen LogP) is 2.46. The topological polar surface area (TPSA) is 50.9 Å².